The van der Waals surface area contributed by atoms with E-state index in [1.54, 1.807) is 0 Å². The first-order valence-electron chi connectivity index (χ1n) is 7.28. The Hall–Kier alpha value is -1.96. The van der Waals surface area contributed by atoms with Crippen LogP contribution >= 0.6 is 0 Å². The lowest BCUT2D eigenvalue weighted by Crippen LogP contribution is -2.23. The van der Waals surface area contributed by atoms with Gasteiger partial charge in [-0.25, -0.2) is 0 Å². The molecule has 1 aliphatic rings. The Bertz CT molecular complexity index is 639. The zero-order chi connectivity index (χ0) is 13.9. The second kappa shape index (κ2) is 5.58. The first kappa shape index (κ1) is 13.0. The first-order chi connectivity index (χ1) is 9.79. The minimum atomic E-state index is -0.460. The highest BCUT2D eigenvalue weighted by atomic mass is 16.1. The lowest BCUT2D eigenvalue weighted by Gasteiger charge is -2.16. The summed E-state index contributed by atoms with van der Waals surface area (Å²) < 4.78 is 0. The van der Waals surface area contributed by atoms with Crippen molar-refractivity contribution in [2.45, 2.75) is 25.7 Å². The van der Waals surface area contributed by atoms with Gasteiger partial charge in [-0.15, -0.1) is 0 Å². The van der Waals surface area contributed by atoms with Crippen LogP contribution in [0.3, 0.4) is 0 Å². The molecule has 1 unspecified atom stereocenters. The van der Waals surface area contributed by atoms with E-state index in [2.05, 4.69) is 0 Å². The molecule has 2 aromatic carbocycles. The van der Waals surface area contributed by atoms with Crippen LogP contribution in [-0.2, 0) is 4.79 Å². The van der Waals surface area contributed by atoms with Crippen molar-refractivity contribution >= 4 is 22.8 Å². The fourth-order valence-electron chi connectivity index (χ4n) is 3.24. The molecule has 0 saturated heterocycles. The predicted molar refractivity (Wildman–Crippen MR) is 79.8 cm³/mol. The number of rotatable bonds is 4. The standard InChI is InChI=1S/C18H18O2/c19-12-17(14-6-2-3-7-14)18(20)16-10-9-13-5-1-4-8-15(13)11-16/h1,4-5,8-12,14,17H,2-3,6-7H2. The van der Waals surface area contributed by atoms with Crippen LogP contribution in [0.25, 0.3) is 10.8 Å². The molecule has 0 aliphatic heterocycles. The maximum atomic E-state index is 12.6. The molecular formula is C18H18O2. The number of hydrogen-bond donors (Lipinski definition) is 0. The highest BCUT2D eigenvalue weighted by molar-refractivity contribution is 6.07. The lowest BCUT2D eigenvalue weighted by atomic mass is 9.85. The van der Waals surface area contributed by atoms with E-state index >= 15 is 0 Å². The third-order valence-electron chi connectivity index (χ3n) is 4.39. The second-order valence-corrected chi connectivity index (χ2v) is 5.63. The van der Waals surface area contributed by atoms with Gasteiger partial charge in [-0.1, -0.05) is 49.2 Å². The van der Waals surface area contributed by atoms with Gasteiger partial charge in [0.2, 0.25) is 0 Å². The Morgan fingerprint density at radius 2 is 1.75 bits per heavy atom. The smallest absolute Gasteiger partial charge is 0.173 e. The number of Topliss-reactive ketones (excluding diaryl/α,β-unsaturated/α-hetero) is 1. The van der Waals surface area contributed by atoms with Crippen molar-refractivity contribution in [3.05, 3.63) is 48.0 Å². The molecule has 3 rings (SSSR count). The Kier molecular flexibility index (Phi) is 3.64. The molecule has 20 heavy (non-hydrogen) atoms. The number of fused-ring (bicyclic) bond motifs is 1. The van der Waals surface area contributed by atoms with Crippen LogP contribution in [-0.4, -0.2) is 12.1 Å². The van der Waals surface area contributed by atoms with Gasteiger partial charge in [-0.2, -0.15) is 0 Å². The molecule has 0 spiro atoms. The summed E-state index contributed by atoms with van der Waals surface area (Å²) in [5.74, 6) is -0.234. The molecule has 1 saturated carbocycles. The monoisotopic (exact) mass is 266 g/mol. The Morgan fingerprint density at radius 3 is 2.45 bits per heavy atom. The first-order valence-corrected chi connectivity index (χ1v) is 7.28. The van der Waals surface area contributed by atoms with Crippen LogP contribution in [0.5, 0.6) is 0 Å². The highest BCUT2D eigenvalue weighted by Crippen LogP contribution is 2.32. The number of hydrogen-bond acceptors (Lipinski definition) is 2. The lowest BCUT2D eigenvalue weighted by molar-refractivity contribution is -0.111. The molecule has 0 aromatic heterocycles. The van der Waals surface area contributed by atoms with Gasteiger partial charge >= 0.3 is 0 Å². The molecule has 0 bridgehead atoms. The summed E-state index contributed by atoms with van der Waals surface area (Å²) in [6.07, 6.45) is 5.14. The van der Waals surface area contributed by atoms with Crippen LogP contribution < -0.4 is 0 Å². The zero-order valence-corrected chi connectivity index (χ0v) is 11.4. The summed E-state index contributed by atoms with van der Waals surface area (Å²) in [5.41, 5.74) is 0.660. The Labute approximate surface area is 118 Å². The summed E-state index contributed by atoms with van der Waals surface area (Å²) in [7, 11) is 0. The minimum absolute atomic E-state index is 0.0161. The third kappa shape index (κ3) is 2.38. The summed E-state index contributed by atoms with van der Waals surface area (Å²) >= 11 is 0. The quantitative estimate of drug-likeness (QED) is 0.475. The maximum absolute atomic E-state index is 12.6. The zero-order valence-electron chi connectivity index (χ0n) is 11.4. The Balaban J connectivity index is 1.92. The average Bonchev–Trinajstić information content (AvgIpc) is 3.01. The van der Waals surface area contributed by atoms with E-state index in [1.165, 1.54) is 0 Å². The van der Waals surface area contributed by atoms with Gasteiger partial charge < -0.3 is 4.79 Å². The van der Waals surface area contributed by atoms with E-state index < -0.39 is 5.92 Å². The van der Waals surface area contributed by atoms with Gasteiger partial charge in [0.1, 0.15) is 6.29 Å². The molecule has 0 radical (unpaired) electrons. The van der Waals surface area contributed by atoms with Gasteiger partial charge in [0.15, 0.2) is 5.78 Å². The van der Waals surface area contributed by atoms with E-state index in [0.29, 0.717) is 5.56 Å². The maximum Gasteiger partial charge on any atom is 0.173 e. The van der Waals surface area contributed by atoms with Crippen molar-refractivity contribution in [3.8, 4) is 0 Å². The van der Waals surface area contributed by atoms with Gasteiger partial charge in [0.25, 0.3) is 0 Å². The Morgan fingerprint density at radius 1 is 1.05 bits per heavy atom. The van der Waals surface area contributed by atoms with Crippen LogP contribution in [0.4, 0.5) is 0 Å². The van der Waals surface area contributed by atoms with Crippen molar-refractivity contribution < 1.29 is 9.59 Å². The van der Waals surface area contributed by atoms with Crippen molar-refractivity contribution in [1.29, 1.82) is 0 Å². The largest absolute Gasteiger partial charge is 0.303 e. The molecular weight excluding hydrogens is 248 g/mol. The normalized spacial score (nSPS) is 17.2. The molecule has 0 amide bonds. The number of carbonyl (C=O) groups is 2. The molecule has 2 heteroatoms. The number of benzene rings is 2. The molecule has 1 atom stereocenters. The molecule has 102 valence electrons. The summed E-state index contributed by atoms with van der Waals surface area (Å²) in [5, 5.41) is 2.17. The van der Waals surface area contributed by atoms with Gasteiger partial charge in [0, 0.05) is 5.56 Å². The average molecular weight is 266 g/mol. The summed E-state index contributed by atoms with van der Waals surface area (Å²) in [6.45, 7) is 0. The molecule has 1 fully saturated rings. The number of carbonyl (C=O) groups excluding carboxylic acids is 2. The minimum Gasteiger partial charge on any atom is -0.303 e. The number of aldehydes is 1. The van der Waals surface area contributed by atoms with E-state index in [1.807, 2.05) is 42.5 Å². The molecule has 0 N–H and O–H groups in total. The SMILES string of the molecule is O=CC(C(=O)c1ccc2ccccc2c1)C1CCCC1. The van der Waals surface area contributed by atoms with E-state index in [-0.39, 0.29) is 11.7 Å². The molecule has 1 aliphatic carbocycles. The fourth-order valence-corrected chi connectivity index (χ4v) is 3.24. The van der Waals surface area contributed by atoms with Crippen molar-refractivity contribution in [1.82, 2.24) is 0 Å². The molecule has 2 nitrogen and oxygen atoms in total. The molecule has 0 heterocycles. The molecule has 2 aromatic rings. The van der Waals surface area contributed by atoms with Crippen molar-refractivity contribution in [3.63, 3.8) is 0 Å². The van der Waals surface area contributed by atoms with Crippen LogP contribution in [0.1, 0.15) is 36.0 Å². The highest BCUT2D eigenvalue weighted by Gasteiger charge is 2.30. The van der Waals surface area contributed by atoms with Gasteiger partial charge in [0.05, 0.1) is 5.92 Å². The topological polar surface area (TPSA) is 34.1 Å². The van der Waals surface area contributed by atoms with Gasteiger partial charge in [-0.3, -0.25) is 4.79 Å². The predicted octanol–water partition coefficient (Wildman–Crippen LogP) is 4.03. The third-order valence-corrected chi connectivity index (χ3v) is 4.39. The van der Waals surface area contributed by atoms with Crippen LogP contribution in [0.15, 0.2) is 42.5 Å². The van der Waals surface area contributed by atoms with Gasteiger partial charge in [-0.05, 0) is 35.6 Å². The van der Waals surface area contributed by atoms with Crippen molar-refractivity contribution in [2.24, 2.45) is 11.8 Å². The van der Waals surface area contributed by atoms with Crippen molar-refractivity contribution in [2.75, 3.05) is 0 Å². The van der Waals surface area contributed by atoms with Crippen LogP contribution in [0.2, 0.25) is 0 Å². The number of ketones is 1. The van der Waals surface area contributed by atoms with E-state index in [0.717, 1.165) is 42.7 Å². The van der Waals surface area contributed by atoms with Crippen LogP contribution in [0, 0.1) is 11.8 Å². The fraction of sp³-hybridized carbons (Fsp3) is 0.333. The van der Waals surface area contributed by atoms with E-state index in [9.17, 15) is 9.59 Å². The second-order valence-electron chi connectivity index (χ2n) is 5.63. The summed E-state index contributed by atoms with van der Waals surface area (Å²) in [6, 6.07) is 13.7. The van der Waals surface area contributed by atoms with E-state index in [4.69, 9.17) is 0 Å². The summed E-state index contributed by atoms with van der Waals surface area (Å²) in [4.78, 5) is 23.9.